The minimum atomic E-state index is -0.483. The van der Waals surface area contributed by atoms with Crippen LogP contribution in [-0.4, -0.2) is 68.0 Å². The van der Waals surface area contributed by atoms with Crippen LogP contribution in [0.3, 0.4) is 0 Å². The Morgan fingerprint density at radius 3 is 2.62 bits per heavy atom. The first-order chi connectivity index (χ1) is 16.4. The monoisotopic (exact) mass is 466 g/mol. The molecule has 0 unspecified atom stereocenters. The van der Waals surface area contributed by atoms with E-state index in [0.717, 1.165) is 18.4 Å². The first-order valence-electron chi connectivity index (χ1n) is 12.2. The zero-order valence-corrected chi connectivity index (χ0v) is 20.1. The van der Waals surface area contributed by atoms with Gasteiger partial charge in [0.2, 0.25) is 17.7 Å². The van der Waals surface area contributed by atoms with Gasteiger partial charge in [-0.2, -0.15) is 5.10 Å². The zero-order valence-electron chi connectivity index (χ0n) is 20.1. The molecule has 1 fully saturated rings. The van der Waals surface area contributed by atoms with Gasteiger partial charge < -0.3 is 15.1 Å². The number of hydrogen-bond donors (Lipinski definition) is 1. The van der Waals surface area contributed by atoms with Crippen molar-refractivity contribution in [2.75, 3.05) is 19.6 Å². The molecule has 1 aromatic carbocycles. The SMILES string of the molecule is CC(=O)N1CCCC(=O)N2CCCC[C@H]2C(=O)N[C@H](Cc2ccccc2)c2nc(C)nn2CC1. The van der Waals surface area contributed by atoms with Crippen molar-refractivity contribution in [2.24, 2.45) is 0 Å². The molecule has 9 heteroatoms. The van der Waals surface area contributed by atoms with E-state index in [1.165, 1.54) is 0 Å². The molecule has 1 aromatic heterocycles. The van der Waals surface area contributed by atoms with Crippen molar-refractivity contribution in [1.29, 1.82) is 0 Å². The van der Waals surface area contributed by atoms with E-state index in [-0.39, 0.29) is 17.7 Å². The van der Waals surface area contributed by atoms with Crippen molar-refractivity contribution in [3.8, 4) is 0 Å². The Bertz CT molecular complexity index is 1020. The lowest BCUT2D eigenvalue weighted by atomic mass is 9.99. The van der Waals surface area contributed by atoms with Gasteiger partial charge in [-0.3, -0.25) is 14.4 Å². The molecule has 0 aliphatic carbocycles. The lowest BCUT2D eigenvalue weighted by Crippen LogP contribution is -2.53. The lowest BCUT2D eigenvalue weighted by Gasteiger charge is -2.36. The van der Waals surface area contributed by atoms with Crippen molar-refractivity contribution >= 4 is 17.7 Å². The molecular formula is C25H34N6O3. The quantitative estimate of drug-likeness (QED) is 0.730. The van der Waals surface area contributed by atoms with Gasteiger partial charge in [0.05, 0.1) is 12.6 Å². The van der Waals surface area contributed by atoms with Crippen LogP contribution in [-0.2, 0) is 27.3 Å². The maximum absolute atomic E-state index is 13.5. The molecule has 2 atom stereocenters. The van der Waals surface area contributed by atoms with Gasteiger partial charge in [-0.1, -0.05) is 30.3 Å². The second-order valence-corrected chi connectivity index (χ2v) is 9.20. The highest BCUT2D eigenvalue weighted by molar-refractivity contribution is 5.88. The van der Waals surface area contributed by atoms with E-state index in [4.69, 9.17) is 0 Å². The van der Waals surface area contributed by atoms with Crippen LogP contribution < -0.4 is 5.32 Å². The molecule has 2 aromatic rings. The van der Waals surface area contributed by atoms with Crippen LogP contribution in [0.4, 0.5) is 0 Å². The molecule has 34 heavy (non-hydrogen) atoms. The number of carbonyl (C=O) groups is 3. The van der Waals surface area contributed by atoms with E-state index in [2.05, 4.69) is 15.4 Å². The first-order valence-corrected chi connectivity index (χ1v) is 12.2. The Balaban J connectivity index is 1.70. The molecule has 182 valence electrons. The van der Waals surface area contributed by atoms with Gasteiger partial charge in [-0.25, -0.2) is 9.67 Å². The molecule has 0 spiro atoms. The lowest BCUT2D eigenvalue weighted by molar-refractivity contribution is -0.143. The molecule has 0 radical (unpaired) electrons. The molecule has 0 saturated carbocycles. The first kappa shape index (κ1) is 23.9. The van der Waals surface area contributed by atoms with E-state index >= 15 is 0 Å². The summed E-state index contributed by atoms with van der Waals surface area (Å²) in [5, 5.41) is 7.78. The standard InChI is InChI=1S/C25H34N6O3/c1-18-26-24-21(17-20-9-4-3-5-10-20)27-25(34)22-11-6-7-14-30(22)23(33)12-8-13-29(19(2)32)15-16-31(24)28-18/h3-5,9-10,21-22H,6-8,11-17H2,1-2H3,(H,27,34)/t21-,22+/m1/s1. The maximum Gasteiger partial charge on any atom is 0.243 e. The van der Waals surface area contributed by atoms with Crippen LogP contribution in [0.15, 0.2) is 30.3 Å². The van der Waals surface area contributed by atoms with Crippen molar-refractivity contribution in [3.05, 3.63) is 47.5 Å². The number of aromatic nitrogens is 3. The molecule has 3 heterocycles. The van der Waals surface area contributed by atoms with Gasteiger partial charge in [0.15, 0.2) is 0 Å². The topological polar surface area (TPSA) is 100 Å². The zero-order chi connectivity index (χ0) is 24.1. The van der Waals surface area contributed by atoms with E-state index in [1.54, 1.807) is 16.7 Å². The van der Waals surface area contributed by atoms with Crippen molar-refractivity contribution in [1.82, 2.24) is 29.9 Å². The fraction of sp³-hybridized carbons (Fsp3) is 0.560. The predicted molar refractivity (Wildman–Crippen MR) is 127 cm³/mol. The fourth-order valence-corrected chi connectivity index (χ4v) is 4.93. The summed E-state index contributed by atoms with van der Waals surface area (Å²) in [5.41, 5.74) is 1.07. The van der Waals surface area contributed by atoms with Gasteiger partial charge in [-0.15, -0.1) is 0 Å². The number of hydrogen-bond acceptors (Lipinski definition) is 5. The minimum absolute atomic E-state index is 0.0148. The third-order valence-corrected chi connectivity index (χ3v) is 6.69. The normalized spacial score (nSPS) is 22.4. The van der Waals surface area contributed by atoms with Crippen molar-refractivity contribution < 1.29 is 14.4 Å². The number of carbonyl (C=O) groups excluding carboxylic acids is 3. The molecule has 4 rings (SSSR count). The summed E-state index contributed by atoms with van der Waals surface area (Å²) < 4.78 is 1.81. The number of aryl methyl sites for hydroxylation is 1. The molecule has 3 amide bonds. The Morgan fingerprint density at radius 1 is 1.06 bits per heavy atom. The summed E-state index contributed by atoms with van der Waals surface area (Å²) in [4.78, 5) is 47.0. The number of amides is 3. The summed E-state index contributed by atoms with van der Waals surface area (Å²) in [6, 6.07) is 9.08. The summed E-state index contributed by atoms with van der Waals surface area (Å²) >= 11 is 0. The number of fused-ring (bicyclic) bond motifs is 2. The van der Waals surface area contributed by atoms with Crippen LogP contribution in [0.2, 0.25) is 0 Å². The number of nitrogens with one attached hydrogen (secondary N) is 1. The molecule has 1 N–H and O–H groups in total. The summed E-state index contributed by atoms with van der Waals surface area (Å²) in [7, 11) is 0. The smallest absolute Gasteiger partial charge is 0.243 e. The number of piperidine rings is 1. The van der Waals surface area contributed by atoms with Crippen LogP contribution in [0.5, 0.6) is 0 Å². The Morgan fingerprint density at radius 2 is 1.85 bits per heavy atom. The summed E-state index contributed by atoms with van der Waals surface area (Å²) in [5.74, 6) is 1.12. The molecule has 9 nitrogen and oxygen atoms in total. The third kappa shape index (κ3) is 5.63. The molecule has 2 aliphatic heterocycles. The maximum atomic E-state index is 13.5. The molecule has 2 aliphatic rings. The summed E-state index contributed by atoms with van der Waals surface area (Å²) in [6.07, 6.45) is 3.93. The highest BCUT2D eigenvalue weighted by atomic mass is 16.2. The average Bonchev–Trinajstić information content (AvgIpc) is 3.20. The Kier molecular flexibility index (Phi) is 7.59. The Hall–Kier alpha value is -3.23. The summed E-state index contributed by atoms with van der Waals surface area (Å²) in [6.45, 7) is 5.42. The van der Waals surface area contributed by atoms with Gasteiger partial charge in [0.1, 0.15) is 17.7 Å². The van der Waals surface area contributed by atoms with Crippen molar-refractivity contribution in [3.63, 3.8) is 0 Å². The van der Waals surface area contributed by atoms with E-state index in [1.807, 2.05) is 41.9 Å². The number of benzene rings is 1. The highest BCUT2D eigenvalue weighted by Gasteiger charge is 2.34. The second-order valence-electron chi connectivity index (χ2n) is 9.20. The van der Waals surface area contributed by atoms with Crippen LogP contribution in [0.25, 0.3) is 0 Å². The van der Waals surface area contributed by atoms with Crippen LogP contribution in [0.1, 0.15) is 62.3 Å². The van der Waals surface area contributed by atoms with Gasteiger partial charge in [0.25, 0.3) is 0 Å². The second kappa shape index (κ2) is 10.8. The van der Waals surface area contributed by atoms with Gasteiger partial charge in [0, 0.05) is 33.0 Å². The minimum Gasteiger partial charge on any atom is -0.344 e. The molecular weight excluding hydrogens is 432 g/mol. The van der Waals surface area contributed by atoms with Crippen LogP contribution >= 0.6 is 0 Å². The van der Waals surface area contributed by atoms with E-state index in [0.29, 0.717) is 63.5 Å². The third-order valence-electron chi connectivity index (χ3n) is 6.69. The molecule has 0 bridgehead atoms. The fourth-order valence-electron chi connectivity index (χ4n) is 4.93. The average molecular weight is 467 g/mol. The predicted octanol–water partition coefficient (Wildman–Crippen LogP) is 2.01. The van der Waals surface area contributed by atoms with E-state index in [9.17, 15) is 14.4 Å². The number of nitrogens with zero attached hydrogens (tertiary/aromatic N) is 5. The highest BCUT2D eigenvalue weighted by Crippen LogP contribution is 2.23. The molecule has 1 saturated heterocycles. The number of rotatable bonds is 2. The van der Waals surface area contributed by atoms with Gasteiger partial charge in [-0.05, 0) is 44.6 Å². The van der Waals surface area contributed by atoms with Crippen molar-refractivity contribution in [2.45, 2.75) is 71.0 Å². The van der Waals surface area contributed by atoms with E-state index < -0.39 is 12.1 Å². The van der Waals surface area contributed by atoms with Gasteiger partial charge >= 0.3 is 0 Å². The van der Waals surface area contributed by atoms with Crippen LogP contribution in [0, 0.1) is 6.92 Å². The Labute approximate surface area is 200 Å². The largest absolute Gasteiger partial charge is 0.344 e.